The van der Waals surface area contributed by atoms with E-state index in [9.17, 15) is 0 Å². The maximum absolute atomic E-state index is 6.04. The molecule has 0 fully saturated rings. The molecule has 2 aromatic rings. The lowest BCUT2D eigenvalue weighted by molar-refractivity contribution is 1.12. The molecule has 0 amide bonds. The number of thioether (sulfide) groups is 1. The number of allylic oxidation sites excluding steroid dienone is 2. The topological polar surface area (TPSA) is 0 Å². The lowest BCUT2D eigenvalue weighted by atomic mass is 10.0. The Morgan fingerprint density at radius 2 is 1.61 bits per heavy atom. The third kappa shape index (κ3) is 9.19. The third-order valence-electron chi connectivity index (χ3n) is 4.33. The predicted octanol–water partition coefficient (Wildman–Crippen LogP) is 9.21. The molecule has 0 atom stereocenters. The van der Waals surface area contributed by atoms with Crippen molar-refractivity contribution in [1.82, 2.24) is 0 Å². The molecule has 2 aromatic carbocycles. The summed E-state index contributed by atoms with van der Waals surface area (Å²) in [6.07, 6.45) is 2.95. The van der Waals surface area contributed by atoms with E-state index in [1.165, 1.54) is 22.3 Å². The van der Waals surface area contributed by atoms with Crippen LogP contribution in [0, 0.1) is 6.92 Å². The molecule has 0 spiro atoms. The molecule has 0 aliphatic heterocycles. The van der Waals surface area contributed by atoms with Gasteiger partial charge in [-0.25, -0.2) is 0 Å². The first-order valence-corrected chi connectivity index (χ1v) is 11.1. The molecule has 0 unspecified atom stereocenters. The van der Waals surface area contributed by atoms with Crippen molar-refractivity contribution in [3.63, 3.8) is 0 Å². The standard InChI is InChI=1S/C17H21ClS.C8H9Cl/c1-6-13(3)15(5)19-11-12(2)9-16-10-17(18)8-7-14(16)4;1-2-7-3-5-8(9)6-4-7/h7-8,10-11H,3,5-6,9H2,1-2,4H3;3-6H,2H2,1H3/b12-11+;. The van der Waals surface area contributed by atoms with Crippen molar-refractivity contribution >= 4 is 35.0 Å². The zero-order chi connectivity index (χ0) is 21.1. The van der Waals surface area contributed by atoms with Gasteiger partial charge in [-0.1, -0.05) is 85.7 Å². The molecule has 3 heteroatoms. The summed E-state index contributed by atoms with van der Waals surface area (Å²) in [6, 6.07) is 14.0. The second kappa shape index (κ2) is 12.9. The fourth-order valence-corrected chi connectivity index (χ4v) is 3.40. The molecular weight excluding hydrogens is 403 g/mol. The fraction of sp³-hybridized carbons (Fsp3) is 0.280. The predicted molar refractivity (Wildman–Crippen MR) is 131 cm³/mol. The van der Waals surface area contributed by atoms with Crippen molar-refractivity contribution < 1.29 is 0 Å². The number of hydrogen-bond donors (Lipinski definition) is 0. The second-order valence-corrected chi connectivity index (χ2v) is 8.53. The van der Waals surface area contributed by atoms with Gasteiger partial charge in [0.1, 0.15) is 0 Å². The van der Waals surface area contributed by atoms with Gasteiger partial charge in [0.15, 0.2) is 0 Å². The zero-order valence-corrected chi connectivity index (χ0v) is 19.6. The summed E-state index contributed by atoms with van der Waals surface area (Å²) < 4.78 is 0. The normalized spacial score (nSPS) is 10.9. The Morgan fingerprint density at radius 3 is 2.18 bits per heavy atom. The maximum Gasteiger partial charge on any atom is 0.0409 e. The fourth-order valence-electron chi connectivity index (χ4n) is 2.34. The molecule has 0 saturated heterocycles. The van der Waals surface area contributed by atoms with Crippen molar-refractivity contribution in [1.29, 1.82) is 0 Å². The van der Waals surface area contributed by atoms with E-state index in [2.05, 4.69) is 52.3 Å². The van der Waals surface area contributed by atoms with Gasteiger partial charge in [-0.2, -0.15) is 0 Å². The number of rotatable bonds is 7. The van der Waals surface area contributed by atoms with E-state index in [4.69, 9.17) is 23.2 Å². The van der Waals surface area contributed by atoms with Gasteiger partial charge in [-0.3, -0.25) is 0 Å². The zero-order valence-electron chi connectivity index (χ0n) is 17.3. The highest BCUT2D eigenvalue weighted by molar-refractivity contribution is 8.06. The highest BCUT2D eigenvalue weighted by atomic mass is 35.5. The van der Waals surface area contributed by atoms with Crippen LogP contribution in [0.1, 0.15) is 43.9 Å². The smallest absolute Gasteiger partial charge is 0.0409 e. The van der Waals surface area contributed by atoms with E-state index >= 15 is 0 Å². The Balaban J connectivity index is 0.000000362. The van der Waals surface area contributed by atoms with Gasteiger partial charge in [-0.15, -0.1) is 0 Å². The van der Waals surface area contributed by atoms with Crippen LogP contribution in [0.3, 0.4) is 0 Å². The third-order valence-corrected chi connectivity index (χ3v) is 5.91. The van der Waals surface area contributed by atoms with Crippen molar-refractivity contribution in [2.24, 2.45) is 0 Å². The summed E-state index contributed by atoms with van der Waals surface area (Å²) in [7, 11) is 0. The van der Waals surface area contributed by atoms with E-state index < -0.39 is 0 Å². The number of halogens is 2. The van der Waals surface area contributed by atoms with Crippen molar-refractivity contribution in [3.8, 4) is 0 Å². The maximum atomic E-state index is 6.04. The molecule has 0 bridgehead atoms. The van der Waals surface area contributed by atoms with Crippen LogP contribution in [0.4, 0.5) is 0 Å². The minimum Gasteiger partial charge on any atom is -0.0985 e. The van der Waals surface area contributed by atoms with Crippen LogP contribution < -0.4 is 0 Å². The Labute approximate surface area is 185 Å². The molecule has 0 aliphatic carbocycles. The van der Waals surface area contributed by atoms with Gasteiger partial charge >= 0.3 is 0 Å². The van der Waals surface area contributed by atoms with Crippen LogP contribution in [0.25, 0.3) is 0 Å². The molecule has 0 aromatic heterocycles. The van der Waals surface area contributed by atoms with Crippen LogP contribution in [0.5, 0.6) is 0 Å². The van der Waals surface area contributed by atoms with Crippen LogP contribution in [0.2, 0.25) is 10.0 Å². The first kappa shape index (κ1) is 24.6. The largest absolute Gasteiger partial charge is 0.0985 e. The summed E-state index contributed by atoms with van der Waals surface area (Å²) in [4.78, 5) is 1.05. The number of hydrogen-bond acceptors (Lipinski definition) is 1. The van der Waals surface area contributed by atoms with Crippen molar-refractivity contribution in [2.75, 3.05) is 0 Å². The Bertz CT molecular complexity index is 817. The molecule has 0 nitrogen and oxygen atoms in total. The van der Waals surface area contributed by atoms with Crippen molar-refractivity contribution in [3.05, 3.63) is 104 Å². The van der Waals surface area contributed by atoms with E-state index in [1.54, 1.807) is 11.8 Å². The van der Waals surface area contributed by atoms with E-state index in [-0.39, 0.29) is 0 Å². The second-order valence-electron chi connectivity index (χ2n) is 6.69. The average Bonchev–Trinajstić information content (AvgIpc) is 2.69. The molecule has 0 heterocycles. The molecule has 2 rings (SSSR count). The summed E-state index contributed by atoms with van der Waals surface area (Å²) >= 11 is 13.4. The molecule has 0 saturated carbocycles. The van der Waals surface area contributed by atoms with E-state index in [0.29, 0.717) is 0 Å². The number of aryl methyl sites for hydroxylation is 2. The van der Waals surface area contributed by atoms with Gasteiger partial charge < -0.3 is 0 Å². The molecule has 150 valence electrons. The van der Waals surface area contributed by atoms with Gasteiger partial charge in [0.25, 0.3) is 0 Å². The van der Waals surface area contributed by atoms with Gasteiger partial charge in [0, 0.05) is 15.0 Å². The Kier molecular flexibility index (Phi) is 11.4. The molecule has 28 heavy (non-hydrogen) atoms. The lowest BCUT2D eigenvalue weighted by Crippen LogP contribution is -1.91. The van der Waals surface area contributed by atoms with Crippen LogP contribution in [-0.4, -0.2) is 0 Å². The number of benzene rings is 2. The van der Waals surface area contributed by atoms with Crippen LogP contribution >= 0.6 is 35.0 Å². The Hall–Kier alpha value is -1.41. The highest BCUT2D eigenvalue weighted by Crippen LogP contribution is 2.26. The molecule has 0 radical (unpaired) electrons. The molecule has 0 N–H and O–H groups in total. The van der Waals surface area contributed by atoms with Gasteiger partial charge in [0.05, 0.1) is 0 Å². The van der Waals surface area contributed by atoms with Crippen molar-refractivity contribution in [2.45, 2.75) is 47.0 Å². The van der Waals surface area contributed by atoms with Gasteiger partial charge in [-0.05, 0) is 85.0 Å². The summed E-state index contributed by atoms with van der Waals surface area (Å²) in [5.41, 5.74) is 6.30. The van der Waals surface area contributed by atoms with Gasteiger partial charge in [0.2, 0.25) is 0 Å². The summed E-state index contributed by atoms with van der Waals surface area (Å²) in [5, 5.41) is 3.76. The summed E-state index contributed by atoms with van der Waals surface area (Å²) in [5.74, 6) is 0. The molecular formula is C25H30Cl2S. The van der Waals surface area contributed by atoms with E-state index in [1.807, 2.05) is 36.4 Å². The quantitative estimate of drug-likeness (QED) is 0.392. The highest BCUT2D eigenvalue weighted by Gasteiger charge is 2.02. The molecule has 0 aliphatic rings. The first-order valence-electron chi connectivity index (χ1n) is 9.45. The van der Waals surface area contributed by atoms with Crippen LogP contribution in [0.15, 0.2) is 77.1 Å². The lowest BCUT2D eigenvalue weighted by Gasteiger charge is -2.08. The average molecular weight is 433 g/mol. The monoisotopic (exact) mass is 432 g/mol. The minimum absolute atomic E-state index is 0.796. The minimum atomic E-state index is 0.796. The summed E-state index contributed by atoms with van der Waals surface area (Å²) in [6.45, 7) is 16.5. The van der Waals surface area contributed by atoms with E-state index in [0.717, 1.165) is 39.8 Å². The SMILES string of the molecule is C=C(CC)C(=C)S/C=C(\C)Cc1cc(Cl)ccc1C.CCc1ccc(Cl)cc1. The van der Waals surface area contributed by atoms with Crippen LogP contribution in [-0.2, 0) is 12.8 Å². The Morgan fingerprint density at radius 1 is 1.00 bits per heavy atom. The first-order chi connectivity index (χ1) is 13.3.